The Bertz CT molecular complexity index is 634. The monoisotopic (exact) mass is 284 g/mol. The summed E-state index contributed by atoms with van der Waals surface area (Å²) in [6.45, 7) is 2.09. The van der Waals surface area contributed by atoms with Gasteiger partial charge in [-0.2, -0.15) is 0 Å². The average Bonchev–Trinajstić information content (AvgIpc) is 2.46. The summed E-state index contributed by atoms with van der Waals surface area (Å²) < 4.78 is 0. The molecule has 1 amide bonds. The van der Waals surface area contributed by atoms with Crippen LogP contribution in [0, 0.1) is 0 Å². The van der Waals surface area contributed by atoms with Gasteiger partial charge in [0, 0.05) is 24.8 Å². The van der Waals surface area contributed by atoms with Crippen molar-refractivity contribution in [3.8, 4) is 0 Å². The number of nitrogens with one attached hydrogen (secondary N) is 2. The van der Waals surface area contributed by atoms with Gasteiger partial charge in [-0.3, -0.25) is 4.79 Å². The third-order valence-electron chi connectivity index (χ3n) is 2.90. The Labute approximate surface area is 122 Å². The second kappa shape index (κ2) is 6.56. The molecule has 0 aromatic heterocycles. The fourth-order valence-corrected chi connectivity index (χ4v) is 1.84. The molecule has 2 aromatic carbocycles. The highest BCUT2D eigenvalue weighted by Crippen LogP contribution is 2.13. The Hall–Kier alpha value is -2.82. The number of carboxylic acids is 1. The van der Waals surface area contributed by atoms with Gasteiger partial charge in [-0.1, -0.05) is 12.1 Å². The first kappa shape index (κ1) is 14.6. The standard InChI is InChI=1S/C16H16N2O3/c1-11(19)18-15-6-2-12(3-7-15)10-17-14-8-4-13(5-9-14)16(20)21/h2-9,17H,10H2,1H3,(H,18,19)(H,20,21). The fourth-order valence-electron chi connectivity index (χ4n) is 1.84. The zero-order valence-corrected chi connectivity index (χ0v) is 11.6. The normalized spacial score (nSPS) is 9.95. The Morgan fingerprint density at radius 3 is 2.05 bits per heavy atom. The van der Waals surface area contributed by atoms with Gasteiger partial charge in [-0.05, 0) is 42.0 Å². The molecular weight excluding hydrogens is 268 g/mol. The first-order valence-electron chi connectivity index (χ1n) is 6.48. The van der Waals surface area contributed by atoms with Gasteiger partial charge in [0.15, 0.2) is 0 Å². The molecule has 0 aliphatic heterocycles. The zero-order valence-electron chi connectivity index (χ0n) is 11.6. The van der Waals surface area contributed by atoms with Crippen LogP contribution in [0.3, 0.4) is 0 Å². The van der Waals surface area contributed by atoms with E-state index in [1.807, 2.05) is 24.3 Å². The molecule has 21 heavy (non-hydrogen) atoms. The van der Waals surface area contributed by atoms with Crippen molar-refractivity contribution in [3.05, 3.63) is 59.7 Å². The predicted molar refractivity (Wildman–Crippen MR) is 81.5 cm³/mol. The average molecular weight is 284 g/mol. The predicted octanol–water partition coefficient (Wildman–Crippen LogP) is 2.96. The Morgan fingerprint density at radius 2 is 1.52 bits per heavy atom. The number of benzene rings is 2. The molecule has 0 atom stereocenters. The van der Waals surface area contributed by atoms with E-state index < -0.39 is 5.97 Å². The molecule has 0 saturated heterocycles. The summed E-state index contributed by atoms with van der Waals surface area (Å²) in [5.41, 5.74) is 2.94. The van der Waals surface area contributed by atoms with Crippen LogP contribution in [-0.4, -0.2) is 17.0 Å². The van der Waals surface area contributed by atoms with Gasteiger partial charge < -0.3 is 15.7 Å². The number of anilines is 2. The molecule has 0 saturated carbocycles. The second-order valence-corrected chi connectivity index (χ2v) is 4.61. The first-order valence-corrected chi connectivity index (χ1v) is 6.48. The summed E-state index contributed by atoms with van der Waals surface area (Å²) in [7, 11) is 0. The van der Waals surface area contributed by atoms with E-state index in [2.05, 4.69) is 10.6 Å². The van der Waals surface area contributed by atoms with Gasteiger partial charge in [0.05, 0.1) is 5.56 Å². The summed E-state index contributed by atoms with van der Waals surface area (Å²) in [5.74, 6) is -1.03. The van der Waals surface area contributed by atoms with Crippen LogP contribution in [0.1, 0.15) is 22.8 Å². The van der Waals surface area contributed by atoms with Crippen molar-refractivity contribution in [3.63, 3.8) is 0 Å². The number of carboxylic acid groups (broad SMARTS) is 1. The van der Waals surface area contributed by atoms with E-state index in [1.54, 1.807) is 24.3 Å². The van der Waals surface area contributed by atoms with Crippen molar-refractivity contribution in [1.82, 2.24) is 0 Å². The number of hydrogen-bond donors (Lipinski definition) is 3. The molecule has 5 nitrogen and oxygen atoms in total. The molecule has 2 rings (SSSR count). The Kier molecular flexibility index (Phi) is 4.56. The number of hydrogen-bond acceptors (Lipinski definition) is 3. The zero-order chi connectivity index (χ0) is 15.2. The van der Waals surface area contributed by atoms with E-state index in [1.165, 1.54) is 6.92 Å². The lowest BCUT2D eigenvalue weighted by Gasteiger charge is -2.08. The molecule has 0 unspecified atom stereocenters. The van der Waals surface area contributed by atoms with Crippen LogP contribution in [0.25, 0.3) is 0 Å². The number of carbonyl (C=O) groups is 2. The van der Waals surface area contributed by atoms with E-state index >= 15 is 0 Å². The molecule has 0 aliphatic carbocycles. The van der Waals surface area contributed by atoms with Crippen LogP contribution in [-0.2, 0) is 11.3 Å². The lowest BCUT2D eigenvalue weighted by Crippen LogP contribution is -2.06. The number of rotatable bonds is 5. The van der Waals surface area contributed by atoms with Crippen LogP contribution >= 0.6 is 0 Å². The van der Waals surface area contributed by atoms with E-state index in [0.29, 0.717) is 6.54 Å². The smallest absolute Gasteiger partial charge is 0.335 e. The molecule has 0 aliphatic rings. The van der Waals surface area contributed by atoms with Crippen molar-refractivity contribution in [1.29, 1.82) is 0 Å². The molecule has 5 heteroatoms. The van der Waals surface area contributed by atoms with Crippen molar-refractivity contribution in [2.75, 3.05) is 10.6 Å². The summed E-state index contributed by atoms with van der Waals surface area (Å²) in [5, 5.41) is 14.7. The minimum atomic E-state index is -0.935. The van der Waals surface area contributed by atoms with Gasteiger partial charge >= 0.3 is 5.97 Å². The minimum Gasteiger partial charge on any atom is -0.478 e. The third-order valence-corrected chi connectivity index (χ3v) is 2.90. The van der Waals surface area contributed by atoms with Crippen molar-refractivity contribution < 1.29 is 14.7 Å². The highest BCUT2D eigenvalue weighted by molar-refractivity contribution is 5.88. The van der Waals surface area contributed by atoms with E-state index in [9.17, 15) is 9.59 Å². The Balaban J connectivity index is 1.93. The van der Waals surface area contributed by atoms with Gasteiger partial charge in [-0.25, -0.2) is 4.79 Å². The lowest BCUT2D eigenvalue weighted by atomic mass is 10.2. The molecule has 3 N–H and O–H groups in total. The van der Waals surface area contributed by atoms with Crippen LogP contribution in [0.4, 0.5) is 11.4 Å². The van der Waals surface area contributed by atoms with Crippen molar-refractivity contribution >= 4 is 23.3 Å². The van der Waals surface area contributed by atoms with Crippen LogP contribution in [0.2, 0.25) is 0 Å². The van der Waals surface area contributed by atoms with Crippen LogP contribution in [0.5, 0.6) is 0 Å². The SMILES string of the molecule is CC(=O)Nc1ccc(CNc2ccc(C(=O)O)cc2)cc1. The van der Waals surface area contributed by atoms with Crippen LogP contribution < -0.4 is 10.6 Å². The molecule has 0 heterocycles. The lowest BCUT2D eigenvalue weighted by molar-refractivity contribution is -0.114. The number of amides is 1. The van der Waals surface area contributed by atoms with E-state index in [0.717, 1.165) is 16.9 Å². The fraction of sp³-hybridized carbons (Fsp3) is 0.125. The van der Waals surface area contributed by atoms with Crippen molar-refractivity contribution in [2.45, 2.75) is 13.5 Å². The van der Waals surface area contributed by atoms with E-state index in [-0.39, 0.29) is 11.5 Å². The molecule has 0 fully saturated rings. The quantitative estimate of drug-likeness (QED) is 0.788. The summed E-state index contributed by atoms with van der Waals surface area (Å²) in [6.07, 6.45) is 0. The maximum atomic E-state index is 10.9. The molecule has 2 aromatic rings. The molecule has 0 radical (unpaired) electrons. The topological polar surface area (TPSA) is 78.4 Å². The largest absolute Gasteiger partial charge is 0.478 e. The number of aromatic carboxylic acids is 1. The summed E-state index contributed by atoms with van der Waals surface area (Å²) in [4.78, 5) is 21.7. The molecule has 108 valence electrons. The van der Waals surface area contributed by atoms with Gasteiger partial charge in [0.1, 0.15) is 0 Å². The highest BCUT2D eigenvalue weighted by Gasteiger charge is 2.01. The molecule has 0 bridgehead atoms. The van der Waals surface area contributed by atoms with Crippen LogP contribution in [0.15, 0.2) is 48.5 Å². The van der Waals surface area contributed by atoms with E-state index in [4.69, 9.17) is 5.11 Å². The van der Waals surface area contributed by atoms with Gasteiger partial charge in [0.25, 0.3) is 0 Å². The molecular formula is C16H16N2O3. The summed E-state index contributed by atoms with van der Waals surface area (Å²) in [6, 6.07) is 14.1. The number of carbonyl (C=O) groups excluding carboxylic acids is 1. The highest BCUT2D eigenvalue weighted by atomic mass is 16.4. The summed E-state index contributed by atoms with van der Waals surface area (Å²) >= 11 is 0. The van der Waals surface area contributed by atoms with Gasteiger partial charge in [-0.15, -0.1) is 0 Å². The maximum absolute atomic E-state index is 10.9. The van der Waals surface area contributed by atoms with Crippen molar-refractivity contribution in [2.24, 2.45) is 0 Å². The molecule has 0 spiro atoms. The first-order chi connectivity index (χ1) is 10.0. The second-order valence-electron chi connectivity index (χ2n) is 4.61. The van der Waals surface area contributed by atoms with Gasteiger partial charge in [0.2, 0.25) is 5.91 Å². The third kappa shape index (κ3) is 4.35. The minimum absolute atomic E-state index is 0.0978. The maximum Gasteiger partial charge on any atom is 0.335 e. The Morgan fingerprint density at radius 1 is 0.952 bits per heavy atom.